The van der Waals surface area contributed by atoms with E-state index in [1.54, 1.807) is 0 Å². The molecule has 6 aromatic carbocycles. The van der Waals surface area contributed by atoms with Crippen LogP contribution in [0.2, 0.25) is 0 Å². The number of halogens is 2. The van der Waals surface area contributed by atoms with E-state index in [9.17, 15) is 9.90 Å². The van der Waals surface area contributed by atoms with Crippen LogP contribution in [-0.2, 0) is 0 Å². The first-order valence-electron chi connectivity index (χ1n) is 13.1. The number of carboxylic acids is 1. The highest BCUT2D eigenvalue weighted by Crippen LogP contribution is 2.53. The van der Waals surface area contributed by atoms with Crippen molar-refractivity contribution in [3.05, 3.63) is 139 Å². The summed E-state index contributed by atoms with van der Waals surface area (Å²) in [6.07, 6.45) is 0. The van der Waals surface area contributed by atoms with Gasteiger partial charge < -0.3 is 9.84 Å². The first-order chi connectivity index (χ1) is 20.0. The van der Waals surface area contributed by atoms with Gasteiger partial charge in [0.1, 0.15) is 5.56 Å². The van der Waals surface area contributed by atoms with Crippen LogP contribution in [0.1, 0.15) is 10.4 Å². The number of hydrogen-bond acceptors (Lipinski definition) is 2. The average molecular weight is 543 g/mol. The number of aromatic carboxylic acids is 1. The fraction of sp³-hybridized carbons (Fsp3) is 0.0278. The van der Waals surface area contributed by atoms with Crippen molar-refractivity contribution in [2.75, 3.05) is 7.11 Å². The maximum absolute atomic E-state index is 16.7. The highest BCUT2D eigenvalue weighted by Gasteiger charge is 2.33. The van der Waals surface area contributed by atoms with Crippen molar-refractivity contribution in [1.82, 2.24) is 0 Å². The molecule has 0 aliphatic heterocycles. The minimum atomic E-state index is -1.52. The zero-order chi connectivity index (χ0) is 28.5. The SMILES string of the molecule is COc1c(F)c(C(=O)O)c2c(-c3ccccc3)c(-c3ccccc3)c(-c3ccccc3)c(-c3ccccc3)c2c1F. The lowest BCUT2D eigenvalue weighted by Gasteiger charge is -2.26. The van der Waals surface area contributed by atoms with Crippen LogP contribution in [0.15, 0.2) is 121 Å². The molecular weight excluding hydrogens is 518 g/mol. The predicted molar refractivity (Wildman–Crippen MR) is 159 cm³/mol. The van der Waals surface area contributed by atoms with E-state index in [0.717, 1.165) is 18.2 Å². The molecule has 0 unspecified atom stereocenters. The Bertz CT molecular complexity index is 1890. The summed E-state index contributed by atoms with van der Waals surface area (Å²) in [6, 6.07) is 37.4. The largest absolute Gasteiger partial charge is 0.491 e. The Kier molecular flexibility index (Phi) is 6.78. The second-order valence-corrected chi connectivity index (χ2v) is 9.56. The van der Waals surface area contributed by atoms with Gasteiger partial charge in [0, 0.05) is 16.3 Å². The van der Waals surface area contributed by atoms with Gasteiger partial charge in [-0.05, 0) is 38.9 Å². The smallest absolute Gasteiger partial charge is 0.339 e. The second-order valence-electron chi connectivity index (χ2n) is 9.56. The fourth-order valence-corrected chi connectivity index (χ4v) is 5.61. The summed E-state index contributed by atoms with van der Waals surface area (Å²) >= 11 is 0. The van der Waals surface area contributed by atoms with Gasteiger partial charge in [0.05, 0.1) is 7.11 Å². The monoisotopic (exact) mass is 542 g/mol. The molecule has 200 valence electrons. The van der Waals surface area contributed by atoms with E-state index in [0.29, 0.717) is 33.4 Å². The van der Waals surface area contributed by atoms with Gasteiger partial charge in [-0.3, -0.25) is 0 Å². The van der Waals surface area contributed by atoms with E-state index >= 15 is 8.78 Å². The molecule has 0 saturated heterocycles. The molecule has 0 heterocycles. The summed E-state index contributed by atoms with van der Waals surface area (Å²) in [7, 11) is 1.13. The lowest BCUT2D eigenvalue weighted by Crippen LogP contribution is -2.09. The Morgan fingerprint density at radius 2 is 0.878 bits per heavy atom. The van der Waals surface area contributed by atoms with Gasteiger partial charge in [0.15, 0.2) is 17.4 Å². The molecule has 0 bridgehead atoms. The first kappa shape index (κ1) is 26.0. The molecule has 6 aromatic rings. The van der Waals surface area contributed by atoms with Gasteiger partial charge in [-0.1, -0.05) is 121 Å². The Morgan fingerprint density at radius 1 is 0.537 bits per heavy atom. The summed E-state index contributed by atoms with van der Waals surface area (Å²) in [4.78, 5) is 12.8. The molecule has 1 N–H and O–H groups in total. The van der Waals surface area contributed by atoms with Crippen LogP contribution in [-0.4, -0.2) is 18.2 Å². The molecule has 41 heavy (non-hydrogen) atoms. The number of fused-ring (bicyclic) bond motifs is 1. The van der Waals surface area contributed by atoms with Crippen LogP contribution in [0.4, 0.5) is 8.78 Å². The summed E-state index contributed by atoms with van der Waals surface area (Å²) in [5.41, 5.74) is 4.43. The van der Waals surface area contributed by atoms with Crippen LogP contribution in [0, 0.1) is 11.6 Å². The lowest BCUT2D eigenvalue weighted by molar-refractivity contribution is 0.0693. The molecular formula is C36H24F2O3. The summed E-state index contributed by atoms with van der Waals surface area (Å²) in [5, 5.41) is 10.4. The van der Waals surface area contributed by atoms with E-state index in [1.165, 1.54) is 0 Å². The zero-order valence-corrected chi connectivity index (χ0v) is 22.1. The summed E-state index contributed by atoms with van der Waals surface area (Å²) in [5.74, 6) is -4.48. The number of methoxy groups -OCH3 is 1. The lowest BCUT2D eigenvalue weighted by atomic mass is 9.77. The van der Waals surface area contributed by atoms with E-state index in [2.05, 4.69) is 0 Å². The molecule has 3 nitrogen and oxygen atoms in total. The maximum atomic E-state index is 16.7. The summed E-state index contributed by atoms with van der Waals surface area (Å²) in [6.45, 7) is 0. The van der Waals surface area contributed by atoms with Crippen LogP contribution in [0.3, 0.4) is 0 Å². The third-order valence-corrected chi connectivity index (χ3v) is 7.26. The fourth-order valence-electron chi connectivity index (χ4n) is 5.61. The topological polar surface area (TPSA) is 46.5 Å². The van der Waals surface area contributed by atoms with Gasteiger partial charge in [-0.2, -0.15) is 0 Å². The number of carboxylic acid groups (broad SMARTS) is 1. The third kappa shape index (κ3) is 4.32. The highest BCUT2D eigenvalue weighted by molar-refractivity contribution is 6.23. The van der Waals surface area contributed by atoms with E-state index in [1.807, 2.05) is 121 Å². The number of ether oxygens (including phenoxy) is 1. The predicted octanol–water partition coefficient (Wildman–Crippen LogP) is 9.49. The van der Waals surface area contributed by atoms with Crippen LogP contribution in [0.5, 0.6) is 5.75 Å². The van der Waals surface area contributed by atoms with Crippen molar-refractivity contribution < 1.29 is 23.4 Å². The van der Waals surface area contributed by atoms with Crippen molar-refractivity contribution in [1.29, 1.82) is 0 Å². The molecule has 0 aromatic heterocycles. The van der Waals surface area contributed by atoms with Crippen LogP contribution in [0.25, 0.3) is 55.3 Å². The molecule has 0 aliphatic carbocycles. The quantitative estimate of drug-likeness (QED) is 0.228. The van der Waals surface area contributed by atoms with Crippen molar-refractivity contribution in [3.8, 4) is 50.3 Å². The van der Waals surface area contributed by atoms with Gasteiger partial charge in [-0.25, -0.2) is 13.6 Å². The Balaban J connectivity index is 2.04. The Hall–Kier alpha value is -5.29. The number of rotatable bonds is 6. The number of carbonyl (C=O) groups is 1. The first-order valence-corrected chi connectivity index (χ1v) is 13.1. The molecule has 0 saturated carbocycles. The Labute approximate surface area is 235 Å². The normalized spacial score (nSPS) is 11.0. The molecule has 6 rings (SSSR count). The van der Waals surface area contributed by atoms with Crippen molar-refractivity contribution in [2.45, 2.75) is 0 Å². The van der Waals surface area contributed by atoms with E-state index < -0.39 is 28.9 Å². The molecule has 0 fully saturated rings. The van der Waals surface area contributed by atoms with Crippen molar-refractivity contribution in [2.24, 2.45) is 0 Å². The molecule has 0 amide bonds. The van der Waals surface area contributed by atoms with Gasteiger partial charge in [-0.15, -0.1) is 0 Å². The summed E-state index contributed by atoms with van der Waals surface area (Å²) < 4.78 is 37.8. The van der Waals surface area contributed by atoms with Crippen molar-refractivity contribution >= 4 is 16.7 Å². The van der Waals surface area contributed by atoms with E-state index in [-0.39, 0.29) is 10.8 Å². The highest BCUT2D eigenvalue weighted by atomic mass is 19.1. The van der Waals surface area contributed by atoms with Crippen LogP contribution >= 0.6 is 0 Å². The molecule has 0 spiro atoms. The zero-order valence-electron chi connectivity index (χ0n) is 22.1. The van der Waals surface area contributed by atoms with Crippen LogP contribution < -0.4 is 4.74 Å². The second kappa shape index (κ2) is 10.7. The molecule has 0 aliphatic rings. The minimum Gasteiger partial charge on any atom is -0.491 e. The maximum Gasteiger partial charge on any atom is 0.339 e. The van der Waals surface area contributed by atoms with Gasteiger partial charge in [0.25, 0.3) is 0 Å². The standard InChI is InChI=1S/C36H24F2O3/c1-41-35-33(37)31-29(25-20-12-5-13-21-25)27(23-16-8-3-9-17-23)26(22-14-6-2-7-15-22)28(24-18-10-4-11-19-24)30(31)32(34(35)38)36(39)40/h2-21H,1H3,(H,39,40). The van der Waals surface area contributed by atoms with Gasteiger partial charge in [0.2, 0.25) is 0 Å². The molecule has 0 atom stereocenters. The van der Waals surface area contributed by atoms with Crippen molar-refractivity contribution in [3.63, 3.8) is 0 Å². The number of benzene rings is 6. The van der Waals surface area contributed by atoms with E-state index in [4.69, 9.17) is 4.74 Å². The average Bonchev–Trinajstić information content (AvgIpc) is 3.01. The molecule has 5 heteroatoms. The Morgan fingerprint density at radius 3 is 1.22 bits per heavy atom. The third-order valence-electron chi connectivity index (χ3n) is 7.26. The van der Waals surface area contributed by atoms with Gasteiger partial charge >= 0.3 is 5.97 Å². The molecule has 0 radical (unpaired) electrons. The minimum absolute atomic E-state index is 0.0239. The number of hydrogen-bond donors (Lipinski definition) is 1.